The molecule has 0 aliphatic heterocycles. The van der Waals surface area contributed by atoms with Crippen LogP contribution in [0.15, 0.2) is 42.5 Å². The molecule has 2 amide bonds. The molecule has 0 bridgehead atoms. The topological polar surface area (TPSA) is 63.4 Å². The molecule has 2 aromatic carbocycles. The van der Waals surface area contributed by atoms with Gasteiger partial charge in [-0.2, -0.15) is 0 Å². The van der Waals surface area contributed by atoms with Gasteiger partial charge in [0, 0.05) is 13.6 Å². The van der Waals surface area contributed by atoms with Crippen LogP contribution >= 0.6 is 0 Å². The molecule has 0 aliphatic rings. The lowest BCUT2D eigenvalue weighted by molar-refractivity contribution is -0.143. The van der Waals surface area contributed by atoms with Crippen LogP contribution in [0.1, 0.15) is 5.56 Å². The second-order valence-electron chi connectivity index (χ2n) is 4.16. The van der Waals surface area contributed by atoms with Crippen LogP contribution in [0.4, 0.5) is 0 Å². The summed E-state index contributed by atoms with van der Waals surface area (Å²) in [5.41, 5.74) is 5.96. The van der Waals surface area contributed by atoms with Gasteiger partial charge in [0.25, 0.3) is 0 Å². The summed E-state index contributed by atoms with van der Waals surface area (Å²) < 4.78 is 0. The molecular weight excluding hydrogens is 228 g/mol. The average molecular weight is 242 g/mol. The molecule has 2 N–H and O–H groups in total. The molecule has 4 heteroatoms. The van der Waals surface area contributed by atoms with Gasteiger partial charge in [-0.15, -0.1) is 0 Å². The summed E-state index contributed by atoms with van der Waals surface area (Å²) in [5.74, 6) is -1.61. The van der Waals surface area contributed by atoms with Crippen LogP contribution in [0.25, 0.3) is 10.8 Å². The highest BCUT2D eigenvalue weighted by Crippen LogP contribution is 2.19. The molecule has 0 aliphatic carbocycles. The standard InChI is InChI=1S/C14H14N2O2/c1-16(14(18)13(15)17)9-11-7-4-6-10-5-2-3-8-12(10)11/h2-8H,9H2,1H3,(H2,15,17). The molecule has 0 heterocycles. The van der Waals surface area contributed by atoms with Crippen molar-refractivity contribution in [3.63, 3.8) is 0 Å². The fraction of sp³-hybridized carbons (Fsp3) is 0.143. The monoisotopic (exact) mass is 242 g/mol. The predicted molar refractivity (Wildman–Crippen MR) is 69.6 cm³/mol. The maximum atomic E-state index is 11.4. The smallest absolute Gasteiger partial charge is 0.311 e. The van der Waals surface area contributed by atoms with E-state index in [4.69, 9.17) is 5.73 Å². The first-order chi connectivity index (χ1) is 8.59. The van der Waals surface area contributed by atoms with Gasteiger partial charge >= 0.3 is 11.8 Å². The normalized spacial score (nSPS) is 10.3. The third-order valence-corrected chi connectivity index (χ3v) is 2.84. The second-order valence-corrected chi connectivity index (χ2v) is 4.16. The van der Waals surface area contributed by atoms with E-state index < -0.39 is 11.8 Å². The largest absolute Gasteiger partial charge is 0.361 e. The molecule has 0 atom stereocenters. The number of hydrogen-bond donors (Lipinski definition) is 1. The van der Waals surface area contributed by atoms with E-state index in [1.165, 1.54) is 4.90 Å². The highest BCUT2D eigenvalue weighted by atomic mass is 16.2. The first-order valence-corrected chi connectivity index (χ1v) is 5.61. The minimum atomic E-state index is -0.933. The van der Waals surface area contributed by atoms with Crippen LogP contribution in [-0.2, 0) is 16.1 Å². The zero-order valence-electron chi connectivity index (χ0n) is 10.1. The number of carbonyl (C=O) groups excluding carboxylic acids is 2. The van der Waals surface area contributed by atoms with Crippen LogP contribution in [0.2, 0.25) is 0 Å². The van der Waals surface area contributed by atoms with Gasteiger partial charge < -0.3 is 10.6 Å². The van der Waals surface area contributed by atoms with Crippen molar-refractivity contribution < 1.29 is 9.59 Å². The van der Waals surface area contributed by atoms with Gasteiger partial charge in [0.05, 0.1) is 0 Å². The minimum Gasteiger partial charge on any atom is -0.361 e. The number of likely N-dealkylation sites (N-methyl/N-ethyl adjacent to an activating group) is 1. The number of primary amides is 1. The summed E-state index contributed by atoms with van der Waals surface area (Å²) in [5, 5.41) is 2.18. The predicted octanol–water partition coefficient (Wildman–Crippen LogP) is 1.28. The summed E-state index contributed by atoms with van der Waals surface area (Å²) in [6, 6.07) is 13.8. The number of carbonyl (C=O) groups is 2. The Labute approximate surface area is 105 Å². The molecule has 0 saturated heterocycles. The Hall–Kier alpha value is -2.36. The van der Waals surface area contributed by atoms with E-state index in [-0.39, 0.29) is 0 Å². The highest BCUT2D eigenvalue weighted by Gasteiger charge is 2.15. The lowest BCUT2D eigenvalue weighted by atomic mass is 10.0. The number of fused-ring (bicyclic) bond motifs is 1. The molecule has 4 nitrogen and oxygen atoms in total. The first kappa shape index (κ1) is 12.1. The van der Waals surface area contributed by atoms with E-state index in [9.17, 15) is 9.59 Å². The number of rotatable bonds is 2. The van der Waals surface area contributed by atoms with Gasteiger partial charge in [-0.25, -0.2) is 0 Å². The minimum absolute atomic E-state index is 0.364. The van der Waals surface area contributed by atoms with E-state index in [0.29, 0.717) is 6.54 Å². The summed E-state index contributed by atoms with van der Waals surface area (Å²) in [6.07, 6.45) is 0. The van der Waals surface area contributed by atoms with Gasteiger partial charge in [0.15, 0.2) is 0 Å². The summed E-state index contributed by atoms with van der Waals surface area (Å²) in [7, 11) is 1.56. The molecule has 0 aromatic heterocycles. The molecule has 92 valence electrons. The number of nitrogens with two attached hydrogens (primary N) is 1. The third-order valence-electron chi connectivity index (χ3n) is 2.84. The van der Waals surface area contributed by atoms with Crippen LogP contribution in [-0.4, -0.2) is 23.8 Å². The second kappa shape index (κ2) is 4.87. The zero-order valence-corrected chi connectivity index (χ0v) is 10.1. The zero-order chi connectivity index (χ0) is 13.1. The van der Waals surface area contributed by atoms with Crippen molar-refractivity contribution >= 4 is 22.6 Å². The van der Waals surface area contributed by atoms with Crippen molar-refractivity contribution in [3.05, 3.63) is 48.0 Å². The third kappa shape index (κ3) is 2.32. The Morgan fingerprint density at radius 1 is 1.11 bits per heavy atom. The summed E-state index contributed by atoms with van der Waals surface area (Å²) >= 11 is 0. The average Bonchev–Trinajstić information content (AvgIpc) is 2.38. The fourth-order valence-electron chi connectivity index (χ4n) is 1.95. The van der Waals surface area contributed by atoms with Crippen molar-refractivity contribution in [2.45, 2.75) is 6.54 Å². The first-order valence-electron chi connectivity index (χ1n) is 5.61. The number of benzene rings is 2. The molecule has 0 spiro atoms. The van der Waals surface area contributed by atoms with E-state index in [0.717, 1.165) is 16.3 Å². The number of amides is 2. The highest BCUT2D eigenvalue weighted by molar-refractivity contribution is 6.34. The SMILES string of the molecule is CN(Cc1cccc2ccccc12)C(=O)C(N)=O. The summed E-state index contributed by atoms with van der Waals surface area (Å²) in [4.78, 5) is 23.6. The molecule has 18 heavy (non-hydrogen) atoms. The Balaban J connectivity index is 2.32. The van der Waals surface area contributed by atoms with Gasteiger partial charge in [-0.1, -0.05) is 42.5 Å². The fourth-order valence-corrected chi connectivity index (χ4v) is 1.95. The van der Waals surface area contributed by atoms with Gasteiger partial charge in [0.1, 0.15) is 0 Å². The maximum absolute atomic E-state index is 11.4. The number of hydrogen-bond acceptors (Lipinski definition) is 2. The van der Waals surface area contributed by atoms with Gasteiger partial charge in [-0.3, -0.25) is 9.59 Å². The Kier molecular flexibility index (Phi) is 3.28. The van der Waals surface area contributed by atoms with Crippen LogP contribution in [0, 0.1) is 0 Å². The molecule has 0 radical (unpaired) electrons. The molecule has 0 saturated carbocycles. The van der Waals surface area contributed by atoms with Gasteiger partial charge in [-0.05, 0) is 16.3 Å². The van der Waals surface area contributed by atoms with E-state index in [2.05, 4.69) is 0 Å². The van der Waals surface area contributed by atoms with Crippen molar-refractivity contribution in [1.29, 1.82) is 0 Å². The molecule has 0 unspecified atom stereocenters. The van der Waals surface area contributed by atoms with E-state index in [1.54, 1.807) is 7.05 Å². The molecule has 0 fully saturated rings. The van der Waals surface area contributed by atoms with Crippen molar-refractivity contribution in [3.8, 4) is 0 Å². The Bertz CT molecular complexity index is 602. The molecular formula is C14H14N2O2. The van der Waals surface area contributed by atoms with Crippen molar-refractivity contribution in [2.75, 3.05) is 7.05 Å². The molecule has 2 aromatic rings. The van der Waals surface area contributed by atoms with Crippen LogP contribution in [0.3, 0.4) is 0 Å². The van der Waals surface area contributed by atoms with E-state index >= 15 is 0 Å². The molecule has 2 rings (SSSR count). The van der Waals surface area contributed by atoms with Gasteiger partial charge in [0.2, 0.25) is 0 Å². The lowest BCUT2D eigenvalue weighted by Crippen LogP contribution is -2.37. The Morgan fingerprint density at radius 3 is 2.50 bits per heavy atom. The van der Waals surface area contributed by atoms with E-state index in [1.807, 2.05) is 42.5 Å². The van der Waals surface area contributed by atoms with Crippen LogP contribution in [0.5, 0.6) is 0 Å². The number of nitrogens with zero attached hydrogens (tertiary/aromatic N) is 1. The van der Waals surface area contributed by atoms with Crippen LogP contribution < -0.4 is 5.73 Å². The summed E-state index contributed by atoms with van der Waals surface area (Å²) in [6.45, 7) is 0.364. The Morgan fingerprint density at radius 2 is 1.78 bits per heavy atom. The van der Waals surface area contributed by atoms with Crippen molar-refractivity contribution in [1.82, 2.24) is 4.90 Å². The quantitative estimate of drug-likeness (QED) is 0.806. The maximum Gasteiger partial charge on any atom is 0.311 e. The lowest BCUT2D eigenvalue weighted by Gasteiger charge is -2.16. The van der Waals surface area contributed by atoms with Crippen molar-refractivity contribution in [2.24, 2.45) is 5.73 Å².